The summed E-state index contributed by atoms with van der Waals surface area (Å²) >= 11 is 0. The van der Waals surface area contributed by atoms with Gasteiger partial charge in [0.1, 0.15) is 6.04 Å². The summed E-state index contributed by atoms with van der Waals surface area (Å²) in [5.74, 6) is -2.37. The number of carboxylic acid groups (broad SMARTS) is 1. The molecule has 7 heteroatoms. The average Bonchev–Trinajstić information content (AvgIpc) is 2.36. The second-order valence-electron chi connectivity index (χ2n) is 4.44. The molecule has 0 radical (unpaired) electrons. The third-order valence-corrected chi connectivity index (χ3v) is 2.81. The third kappa shape index (κ3) is 4.27. The number of nitrogens with one attached hydrogen (secondary N) is 1. The lowest BCUT2D eigenvalue weighted by Gasteiger charge is -2.14. The smallest absolute Gasteiger partial charge is 0.326 e. The molecule has 0 spiro atoms. The Morgan fingerprint density at radius 3 is 2.50 bits per heavy atom. The van der Waals surface area contributed by atoms with Gasteiger partial charge in [-0.1, -0.05) is 0 Å². The van der Waals surface area contributed by atoms with Crippen LogP contribution in [0, 0.1) is 6.92 Å². The zero-order valence-electron chi connectivity index (χ0n) is 11.1. The Balaban J connectivity index is 2.77. The Labute approximate surface area is 115 Å². The molecule has 6 N–H and O–H groups in total. The molecule has 0 bridgehead atoms. The first-order chi connectivity index (χ1) is 9.31. The van der Waals surface area contributed by atoms with Crippen molar-refractivity contribution in [3.8, 4) is 0 Å². The van der Waals surface area contributed by atoms with E-state index in [1.165, 1.54) is 6.07 Å². The van der Waals surface area contributed by atoms with Crippen molar-refractivity contribution in [2.45, 2.75) is 25.8 Å². The number of nitrogen functional groups attached to an aromatic ring is 1. The Kier molecular flexibility index (Phi) is 5.08. The minimum atomic E-state index is -1.22. The van der Waals surface area contributed by atoms with Crippen LogP contribution in [0.3, 0.4) is 0 Å². The number of amides is 2. The summed E-state index contributed by atoms with van der Waals surface area (Å²) in [4.78, 5) is 33.6. The molecule has 0 saturated heterocycles. The van der Waals surface area contributed by atoms with Crippen LogP contribution in [0.4, 0.5) is 5.69 Å². The second-order valence-corrected chi connectivity index (χ2v) is 4.44. The summed E-state index contributed by atoms with van der Waals surface area (Å²) in [5.41, 5.74) is 12.2. The van der Waals surface area contributed by atoms with Gasteiger partial charge >= 0.3 is 5.97 Å². The number of carboxylic acids is 1. The summed E-state index contributed by atoms with van der Waals surface area (Å²) in [5, 5.41) is 11.3. The van der Waals surface area contributed by atoms with E-state index in [-0.39, 0.29) is 12.8 Å². The molecule has 1 unspecified atom stereocenters. The number of aryl methyl sites for hydroxylation is 1. The minimum Gasteiger partial charge on any atom is -0.480 e. The second kappa shape index (κ2) is 6.55. The van der Waals surface area contributed by atoms with E-state index >= 15 is 0 Å². The number of anilines is 1. The van der Waals surface area contributed by atoms with Crippen LogP contribution in [0.15, 0.2) is 18.2 Å². The van der Waals surface area contributed by atoms with E-state index in [9.17, 15) is 14.4 Å². The van der Waals surface area contributed by atoms with Gasteiger partial charge in [-0.25, -0.2) is 4.79 Å². The van der Waals surface area contributed by atoms with Crippen molar-refractivity contribution < 1.29 is 19.5 Å². The van der Waals surface area contributed by atoms with E-state index in [1.54, 1.807) is 19.1 Å². The van der Waals surface area contributed by atoms with Gasteiger partial charge in [0.15, 0.2) is 0 Å². The molecule has 7 nitrogen and oxygen atoms in total. The normalized spacial score (nSPS) is 11.7. The van der Waals surface area contributed by atoms with Crippen molar-refractivity contribution in [3.63, 3.8) is 0 Å². The molecule has 108 valence electrons. The summed E-state index contributed by atoms with van der Waals surface area (Å²) < 4.78 is 0. The van der Waals surface area contributed by atoms with Crippen molar-refractivity contribution in [1.29, 1.82) is 0 Å². The van der Waals surface area contributed by atoms with Gasteiger partial charge < -0.3 is 21.9 Å². The van der Waals surface area contributed by atoms with Crippen LogP contribution in [0.5, 0.6) is 0 Å². The van der Waals surface area contributed by atoms with Crippen LogP contribution in [0.2, 0.25) is 0 Å². The van der Waals surface area contributed by atoms with Crippen LogP contribution < -0.4 is 16.8 Å². The van der Waals surface area contributed by atoms with Gasteiger partial charge in [-0.15, -0.1) is 0 Å². The summed E-state index contributed by atoms with van der Waals surface area (Å²) in [6.45, 7) is 1.74. The van der Waals surface area contributed by atoms with E-state index in [0.717, 1.165) is 5.56 Å². The largest absolute Gasteiger partial charge is 0.480 e. The number of hydrogen-bond donors (Lipinski definition) is 4. The standard InChI is InChI=1S/C13H17N3O4/c1-7-6-8(2-3-9(7)14)12(18)16-10(13(19)20)4-5-11(15)17/h2-3,6,10H,4-5,14H2,1H3,(H2,15,17)(H,16,18)(H,19,20). The first-order valence-corrected chi connectivity index (χ1v) is 5.99. The van der Waals surface area contributed by atoms with Gasteiger partial charge in [0.05, 0.1) is 0 Å². The van der Waals surface area contributed by atoms with Crippen LogP contribution in [0.1, 0.15) is 28.8 Å². The van der Waals surface area contributed by atoms with Crippen molar-refractivity contribution >= 4 is 23.5 Å². The first kappa shape index (κ1) is 15.5. The third-order valence-electron chi connectivity index (χ3n) is 2.81. The molecule has 2 amide bonds. The molecule has 0 aliphatic heterocycles. The Bertz CT molecular complexity index is 542. The van der Waals surface area contributed by atoms with E-state index in [4.69, 9.17) is 16.6 Å². The molecule has 0 aromatic heterocycles. The van der Waals surface area contributed by atoms with E-state index in [2.05, 4.69) is 5.32 Å². The van der Waals surface area contributed by atoms with Crippen LogP contribution >= 0.6 is 0 Å². The fraction of sp³-hybridized carbons (Fsp3) is 0.308. The maximum atomic E-state index is 11.9. The maximum absolute atomic E-state index is 11.9. The highest BCUT2D eigenvalue weighted by molar-refractivity contribution is 5.97. The van der Waals surface area contributed by atoms with E-state index in [1.807, 2.05) is 0 Å². The van der Waals surface area contributed by atoms with Gasteiger partial charge in [-0.05, 0) is 37.1 Å². The molecule has 0 heterocycles. The fourth-order valence-electron chi connectivity index (χ4n) is 1.60. The minimum absolute atomic E-state index is 0.0512. The first-order valence-electron chi connectivity index (χ1n) is 5.99. The molecule has 0 saturated carbocycles. The highest BCUT2D eigenvalue weighted by Crippen LogP contribution is 2.13. The lowest BCUT2D eigenvalue weighted by atomic mass is 10.1. The predicted molar refractivity (Wildman–Crippen MR) is 72.9 cm³/mol. The Hall–Kier alpha value is -2.57. The average molecular weight is 279 g/mol. The van der Waals surface area contributed by atoms with E-state index < -0.39 is 23.8 Å². The summed E-state index contributed by atoms with van der Waals surface area (Å²) in [7, 11) is 0. The summed E-state index contributed by atoms with van der Waals surface area (Å²) in [6.07, 6.45) is -0.164. The number of aliphatic carboxylic acids is 1. The molecule has 20 heavy (non-hydrogen) atoms. The highest BCUT2D eigenvalue weighted by Gasteiger charge is 2.21. The summed E-state index contributed by atoms with van der Waals surface area (Å²) in [6, 6.07) is 3.49. The molecule has 0 fully saturated rings. The zero-order chi connectivity index (χ0) is 15.3. The molecule has 0 aliphatic carbocycles. The Morgan fingerprint density at radius 1 is 1.35 bits per heavy atom. The van der Waals surface area contributed by atoms with Crippen molar-refractivity contribution in [2.24, 2.45) is 5.73 Å². The molecule has 1 atom stereocenters. The van der Waals surface area contributed by atoms with Gasteiger partial charge in [-0.3, -0.25) is 9.59 Å². The number of carbonyl (C=O) groups is 3. The Morgan fingerprint density at radius 2 is 2.00 bits per heavy atom. The van der Waals surface area contributed by atoms with E-state index in [0.29, 0.717) is 11.3 Å². The van der Waals surface area contributed by atoms with Crippen LogP contribution in [-0.2, 0) is 9.59 Å². The number of hydrogen-bond acceptors (Lipinski definition) is 4. The maximum Gasteiger partial charge on any atom is 0.326 e. The van der Waals surface area contributed by atoms with Crippen molar-refractivity contribution in [1.82, 2.24) is 5.32 Å². The molecule has 1 aromatic rings. The number of carbonyl (C=O) groups excluding carboxylic acids is 2. The van der Waals surface area contributed by atoms with Crippen molar-refractivity contribution in [2.75, 3.05) is 5.73 Å². The van der Waals surface area contributed by atoms with Crippen LogP contribution in [-0.4, -0.2) is 28.9 Å². The quantitative estimate of drug-likeness (QED) is 0.544. The molecule has 1 rings (SSSR count). The van der Waals surface area contributed by atoms with Gasteiger partial charge in [0, 0.05) is 17.7 Å². The molecule has 0 aliphatic rings. The van der Waals surface area contributed by atoms with Crippen LogP contribution in [0.25, 0.3) is 0 Å². The lowest BCUT2D eigenvalue weighted by Crippen LogP contribution is -2.41. The number of benzene rings is 1. The number of nitrogens with two attached hydrogens (primary N) is 2. The zero-order valence-corrected chi connectivity index (χ0v) is 11.1. The van der Waals surface area contributed by atoms with Gasteiger partial charge in [-0.2, -0.15) is 0 Å². The van der Waals surface area contributed by atoms with Crippen molar-refractivity contribution in [3.05, 3.63) is 29.3 Å². The number of primary amides is 1. The lowest BCUT2D eigenvalue weighted by molar-refractivity contribution is -0.139. The fourth-order valence-corrected chi connectivity index (χ4v) is 1.60. The monoisotopic (exact) mass is 279 g/mol. The van der Waals surface area contributed by atoms with Gasteiger partial charge in [0.25, 0.3) is 5.91 Å². The SMILES string of the molecule is Cc1cc(C(=O)NC(CCC(N)=O)C(=O)O)ccc1N. The molecular formula is C13H17N3O4. The topological polar surface area (TPSA) is 136 Å². The predicted octanol–water partition coefficient (Wildman–Crippen LogP) is 0.0257. The van der Waals surface area contributed by atoms with Gasteiger partial charge in [0.2, 0.25) is 5.91 Å². The number of rotatable bonds is 6. The molecular weight excluding hydrogens is 262 g/mol. The molecule has 1 aromatic carbocycles. The highest BCUT2D eigenvalue weighted by atomic mass is 16.4.